The summed E-state index contributed by atoms with van der Waals surface area (Å²) in [7, 11) is 0. The summed E-state index contributed by atoms with van der Waals surface area (Å²) >= 11 is 8.72. The Morgan fingerprint density at radius 3 is 2.06 bits per heavy atom. The highest BCUT2D eigenvalue weighted by Gasteiger charge is 2.22. The Labute approximate surface area is 219 Å². The molecule has 0 aromatic heterocycles. The van der Waals surface area contributed by atoms with Gasteiger partial charge in [0.25, 0.3) is 5.91 Å². The second-order valence-corrected chi connectivity index (χ2v) is 9.59. The fraction of sp³-hybridized carbons (Fsp3) is 0.222. The molecule has 0 saturated carbocycles. The van der Waals surface area contributed by atoms with Gasteiger partial charge in [-0.25, -0.2) is 0 Å². The van der Waals surface area contributed by atoms with Gasteiger partial charge in [-0.1, -0.05) is 90.4 Å². The number of hydrazine groups is 1. The number of hydrogen-bond acceptors (Lipinski definition) is 4. The fourth-order valence-electron chi connectivity index (χ4n) is 3.56. The second-order valence-electron chi connectivity index (χ2n) is 8.33. The third-order valence-corrected chi connectivity index (χ3v) is 6.41. The fourth-order valence-corrected chi connectivity index (χ4v) is 4.09. The van der Waals surface area contributed by atoms with E-state index in [0.717, 1.165) is 26.7 Å². The van der Waals surface area contributed by atoms with E-state index >= 15 is 0 Å². The zero-order valence-corrected chi connectivity index (χ0v) is 22.2. The molecule has 0 aliphatic carbocycles. The minimum absolute atomic E-state index is 0.0251. The minimum atomic E-state index is -0.540. The number of carbonyl (C=O) groups is 2. The number of amides is 2. The third-order valence-electron chi connectivity index (χ3n) is 5.35. The number of hydrogen-bond donors (Lipinski definition) is 3. The van der Waals surface area contributed by atoms with Crippen LogP contribution in [0.25, 0.3) is 0 Å². The summed E-state index contributed by atoms with van der Waals surface area (Å²) in [5.74, 6) is -0.402. The molecule has 0 fully saturated rings. The molecular weight excluding hydrogens is 526 g/mol. The highest BCUT2D eigenvalue weighted by molar-refractivity contribution is 9.10. The second kappa shape index (κ2) is 12.5. The van der Waals surface area contributed by atoms with Crippen LogP contribution in [0, 0.1) is 6.92 Å². The van der Waals surface area contributed by atoms with Gasteiger partial charge in [-0.15, -0.1) is 0 Å². The normalized spacial score (nSPS) is 10.7. The maximum Gasteiger partial charge on any atom is 0.264 e. The molecule has 8 heteroatoms. The lowest BCUT2D eigenvalue weighted by Crippen LogP contribution is -2.50. The van der Waals surface area contributed by atoms with Crippen molar-refractivity contribution in [2.45, 2.75) is 32.6 Å². The first-order valence-corrected chi connectivity index (χ1v) is 12.4. The highest BCUT2D eigenvalue weighted by atomic mass is 79.9. The van der Waals surface area contributed by atoms with Gasteiger partial charge in [0.15, 0.2) is 11.7 Å². The molecule has 0 bridgehead atoms. The van der Waals surface area contributed by atoms with E-state index in [1.165, 1.54) is 0 Å². The molecule has 0 heterocycles. The monoisotopic (exact) mass is 553 g/mol. The van der Waals surface area contributed by atoms with Crippen molar-refractivity contribution in [2.24, 2.45) is 0 Å². The van der Waals surface area contributed by atoms with Crippen LogP contribution in [-0.4, -0.2) is 23.5 Å². The average molecular weight is 555 g/mol. The first-order chi connectivity index (χ1) is 16.8. The zero-order valence-electron chi connectivity index (χ0n) is 19.8. The maximum atomic E-state index is 13.0. The van der Waals surface area contributed by atoms with Crippen molar-refractivity contribution in [1.82, 2.24) is 16.2 Å². The molecular formula is C27H28BrN3O3S. The van der Waals surface area contributed by atoms with E-state index in [4.69, 9.17) is 17.0 Å². The predicted octanol–water partition coefficient (Wildman–Crippen LogP) is 5.11. The van der Waals surface area contributed by atoms with Crippen molar-refractivity contribution in [3.63, 3.8) is 0 Å². The smallest absolute Gasteiger partial charge is 0.264 e. The molecule has 3 rings (SSSR count). The molecule has 0 atom stereocenters. The number of ether oxygens (including phenoxy) is 1. The molecule has 3 N–H and O–H groups in total. The number of rotatable bonds is 7. The summed E-state index contributed by atoms with van der Waals surface area (Å²) in [6.07, 6.45) is 0. The maximum absolute atomic E-state index is 13.0. The van der Waals surface area contributed by atoms with E-state index in [9.17, 15) is 9.59 Å². The molecule has 0 saturated heterocycles. The number of benzene rings is 3. The Morgan fingerprint density at radius 1 is 0.943 bits per heavy atom. The van der Waals surface area contributed by atoms with E-state index < -0.39 is 11.8 Å². The summed E-state index contributed by atoms with van der Waals surface area (Å²) in [6, 6.07) is 22.8. The Hall–Kier alpha value is -3.23. The lowest BCUT2D eigenvalue weighted by molar-refractivity contribution is -0.123. The number of carbonyl (C=O) groups excluding carboxylic acids is 2. The largest absolute Gasteiger partial charge is 0.483 e. The standard InChI is InChI=1S/C27H28BrN3O3S/c1-17(2)21-15-22(28)18(3)14-23(21)34-16-24(32)29-27(35)31-30-26(33)25(19-10-6-4-7-11-19)20-12-8-5-9-13-20/h4-15,17,25H,16H2,1-3H3,(H,30,33)(H2,29,31,32,35). The van der Waals surface area contributed by atoms with Crippen molar-refractivity contribution in [1.29, 1.82) is 0 Å². The van der Waals surface area contributed by atoms with Gasteiger partial charge < -0.3 is 4.74 Å². The molecule has 0 radical (unpaired) electrons. The molecule has 3 aromatic carbocycles. The van der Waals surface area contributed by atoms with Crippen molar-refractivity contribution in [2.75, 3.05) is 6.61 Å². The summed E-state index contributed by atoms with van der Waals surface area (Å²) < 4.78 is 6.76. The quantitative estimate of drug-likeness (QED) is 0.279. The lowest BCUT2D eigenvalue weighted by atomic mass is 9.91. The summed E-state index contributed by atoms with van der Waals surface area (Å²) in [5, 5.41) is 2.51. The van der Waals surface area contributed by atoms with E-state index in [2.05, 4.69) is 45.9 Å². The van der Waals surface area contributed by atoms with Crippen LogP contribution in [-0.2, 0) is 9.59 Å². The van der Waals surface area contributed by atoms with Crippen LogP contribution in [0.1, 0.15) is 47.9 Å². The summed E-state index contributed by atoms with van der Waals surface area (Å²) in [6.45, 7) is 5.86. The number of nitrogens with one attached hydrogen (secondary N) is 3. The molecule has 35 heavy (non-hydrogen) atoms. The first-order valence-electron chi connectivity index (χ1n) is 11.2. The Bertz CT molecular complexity index is 1150. The van der Waals surface area contributed by atoms with Gasteiger partial charge in [-0.05, 0) is 59.4 Å². The Balaban J connectivity index is 1.57. The van der Waals surface area contributed by atoms with Gasteiger partial charge in [-0.3, -0.25) is 25.8 Å². The van der Waals surface area contributed by atoms with Crippen LogP contribution in [0.3, 0.4) is 0 Å². The average Bonchev–Trinajstić information content (AvgIpc) is 2.84. The van der Waals surface area contributed by atoms with E-state index in [0.29, 0.717) is 5.75 Å². The van der Waals surface area contributed by atoms with E-state index in [1.807, 2.05) is 79.7 Å². The molecule has 0 unspecified atom stereocenters. The lowest BCUT2D eigenvalue weighted by Gasteiger charge is -2.19. The number of thiocarbonyl (C=S) groups is 1. The molecule has 0 aliphatic rings. The molecule has 3 aromatic rings. The van der Waals surface area contributed by atoms with Crippen molar-refractivity contribution in [3.05, 3.63) is 99.5 Å². The van der Waals surface area contributed by atoms with Crippen LogP contribution >= 0.6 is 28.1 Å². The van der Waals surface area contributed by atoms with Crippen molar-refractivity contribution < 1.29 is 14.3 Å². The van der Waals surface area contributed by atoms with Gasteiger partial charge >= 0.3 is 0 Å². The first kappa shape index (κ1) is 26.4. The number of aryl methyl sites for hydroxylation is 1. The Kier molecular flexibility index (Phi) is 9.39. The highest BCUT2D eigenvalue weighted by Crippen LogP contribution is 2.32. The van der Waals surface area contributed by atoms with Crippen molar-refractivity contribution in [3.8, 4) is 5.75 Å². The van der Waals surface area contributed by atoms with Crippen LogP contribution in [0.2, 0.25) is 0 Å². The minimum Gasteiger partial charge on any atom is -0.483 e. The topological polar surface area (TPSA) is 79.5 Å². The van der Waals surface area contributed by atoms with Crippen LogP contribution in [0.15, 0.2) is 77.3 Å². The van der Waals surface area contributed by atoms with Crippen LogP contribution in [0.5, 0.6) is 5.75 Å². The van der Waals surface area contributed by atoms with Crippen LogP contribution < -0.4 is 20.9 Å². The number of halogens is 1. The van der Waals surface area contributed by atoms with E-state index in [-0.39, 0.29) is 23.5 Å². The molecule has 0 spiro atoms. The van der Waals surface area contributed by atoms with Gasteiger partial charge in [-0.2, -0.15) is 0 Å². The van der Waals surface area contributed by atoms with Gasteiger partial charge in [0.2, 0.25) is 5.91 Å². The zero-order chi connectivity index (χ0) is 25.4. The van der Waals surface area contributed by atoms with Gasteiger partial charge in [0, 0.05) is 4.47 Å². The molecule has 0 aliphatic heterocycles. The van der Waals surface area contributed by atoms with Gasteiger partial charge in [0.1, 0.15) is 5.75 Å². The summed E-state index contributed by atoms with van der Waals surface area (Å²) in [4.78, 5) is 25.4. The van der Waals surface area contributed by atoms with Gasteiger partial charge in [0.05, 0.1) is 5.92 Å². The third kappa shape index (κ3) is 7.37. The molecule has 182 valence electrons. The predicted molar refractivity (Wildman–Crippen MR) is 145 cm³/mol. The summed E-state index contributed by atoms with van der Waals surface area (Å²) in [5.41, 5.74) is 8.91. The van der Waals surface area contributed by atoms with Crippen molar-refractivity contribution >= 4 is 45.1 Å². The molecule has 6 nitrogen and oxygen atoms in total. The van der Waals surface area contributed by atoms with Crippen LogP contribution in [0.4, 0.5) is 0 Å². The molecule has 2 amide bonds. The SMILES string of the molecule is Cc1cc(OCC(=O)NC(=S)NNC(=O)C(c2ccccc2)c2ccccc2)c(C(C)C)cc1Br. The Morgan fingerprint density at radius 2 is 1.51 bits per heavy atom. The van der Waals surface area contributed by atoms with E-state index in [1.54, 1.807) is 0 Å².